The first-order valence-corrected chi connectivity index (χ1v) is 6.29. The lowest BCUT2D eigenvalue weighted by molar-refractivity contribution is -0.120. The quantitative estimate of drug-likeness (QED) is 0.806. The lowest BCUT2D eigenvalue weighted by Gasteiger charge is -2.23. The molecule has 1 heterocycles. The van der Waals surface area contributed by atoms with Gasteiger partial charge in [-0.2, -0.15) is 0 Å². The van der Waals surface area contributed by atoms with E-state index in [9.17, 15) is 4.79 Å². The fourth-order valence-electron chi connectivity index (χ4n) is 2.02. The molecule has 0 fully saturated rings. The van der Waals surface area contributed by atoms with Gasteiger partial charge in [0.1, 0.15) is 0 Å². The Morgan fingerprint density at radius 1 is 1.17 bits per heavy atom. The molecule has 1 amide bonds. The third-order valence-electron chi connectivity index (χ3n) is 3.25. The molecule has 1 radical (unpaired) electrons. The Balaban J connectivity index is 2.10. The summed E-state index contributed by atoms with van der Waals surface area (Å²) in [4.78, 5) is 15.7. The minimum Gasteiger partial charge on any atom is -0.373 e. The molecule has 1 aromatic carbocycles. The van der Waals surface area contributed by atoms with Gasteiger partial charge in [-0.3, -0.25) is 4.79 Å². The van der Waals surface area contributed by atoms with Crippen molar-refractivity contribution in [3.8, 4) is 0 Å². The van der Waals surface area contributed by atoms with Crippen molar-refractivity contribution in [3.63, 3.8) is 0 Å². The smallest absolute Gasteiger partial charge is 0.246 e. The molecule has 0 atom stereocenters. The number of fused-ring (bicyclic) bond motifs is 1. The second kappa shape index (κ2) is 5.40. The summed E-state index contributed by atoms with van der Waals surface area (Å²) < 4.78 is 0. The van der Waals surface area contributed by atoms with E-state index >= 15 is 0 Å². The number of rotatable bonds is 4. The highest BCUT2D eigenvalue weighted by atomic mass is 16.1. The molecule has 1 aliphatic rings. The molecule has 2 rings (SSSR count). The van der Waals surface area contributed by atoms with Crippen LogP contribution in [0.4, 0.5) is 11.4 Å². The van der Waals surface area contributed by atoms with Crippen LogP contribution in [0.3, 0.4) is 0 Å². The second-order valence-electron chi connectivity index (χ2n) is 5.04. The van der Waals surface area contributed by atoms with Gasteiger partial charge in [-0.05, 0) is 38.2 Å². The van der Waals surface area contributed by atoms with Crippen molar-refractivity contribution < 1.29 is 4.79 Å². The zero-order valence-electron chi connectivity index (χ0n) is 11.3. The summed E-state index contributed by atoms with van der Waals surface area (Å²) in [5.41, 5.74) is 3.15. The molecule has 1 aliphatic heterocycles. The first-order chi connectivity index (χ1) is 8.56. The summed E-state index contributed by atoms with van der Waals surface area (Å²) in [6.07, 6.45) is 1.36. The van der Waals surface area contributed by atoms with Crippen LogP contribution in [0.1, 0.15) is 12.0 Å². The molecular weight excluding hydrogens is 226 g/mol. The number of benzene rings is 1. The van der Waals surface area contributed by atoms with Crippen LogP contribution in [0, 0.1) is 0 Å². The van der Waals surface area contributed by atoms with Crippen molar-refractivity contribution in [2.24, 2.45) is 0 Å². The van der Waals surface area contributed by atoms with Gasteiger partial charge < -0.3 is 9.80 Å². The normalized spacial score (nSPS) is 14.3. The van der Waals surface area contributed by atoms with Gasteiger partial charge in [-0.25, -0.2) is 5.32 Å². The molecule has 0 spiro atoms. The number of hydrogen-bond acceptors (Lipinski definition) is 3. The summed E-state index contributed by atoms with van der Waals surface area (Å²) in [6, 6.07) is 6.22. The molecule has 0 unspecified atom stereocenters. The Kier molecular flexibility index (Phi) is 3.87. The molecule has 0 aromatic heterocycles. The maximum Gasteiger partial charge on any atom is 0.246 e. The highest BCUT2D eigenvalue weighted by Gasteiger charge is 2.17. The number of likely N-dealkylation sites (N-methyl/N-ethyl adjacent to an activating group) is 2. The monoisotopic (exact) mass is 246 g/mol. The highest BCUT2D eigenvalue weighted by Crippen LogP contribution is 2.27. The van der Waals surface area contributed by atoms with Crippen LogP contribution in [-0.2, 0) is 11.2 Å². The van der Waals surface area contributed by atoms with Crippen LogP contribution in [0.5, 0.6) is 0 Å². The molecule has 4 nitrogen and oxygen atoms in total. The summed E-state index contributed by atoms with van der Waals surface area (Å²) in [6.45, 7) is 1.96. The van der Waals surface area contributed by atoms with Crippen LogP contribution in [-0.4, -0.2) is 45.0 Å². The van der Waals surface area contributed by atoms with Gasteiger partial charge >= 0.3 is 0 Å². The van der Waals surface area contributed by atoms with E-state index in [-0.39, 0.29) is 5.91 Å². The number of nitrogens with zero attached hydrogens (tertiary/aromatic N) is 3. The maximum atomic E-state index is 11.3. The van der Waals surface area contributed by atoms with E-state index in [4.69, 9.17) is 0 Å². The topological polar surface area (TPSA) is 37.7 Å². The molecule has 0 saturated carbocycles. The van der Waals surface area contributed by atoms with Crippen LogP contribution < -0.4 is 10.2 Å². The third-order valence-corrected chi connectivity index (χ3v) is 3.25. The van der Waals surface area contributed by atoms with Crippen LogP contribution >= 0.6 is 0 Å². The highest BCUT2D eigenvalue weighted by molar-refractivity contribution is 5.84. The maximum absolute atomic E-state index is 11.3. The standard InChI is InChI=1S/C14H20N3O/c1-16(2)8-9-17(3)12-6-4-11-5-7-14(18)15-13(11)10-12/h4,6,10H,5,7-9H2,1-3H3. The van der Waals surface area contributed by atoms with Gasteiger partial charge in [0.25, 0.3) is 0 Å². The third kappa shape index (κ3) is 3.01. The number of hydrogen-bond donors (Lipinski definition) is 0. The first kappa shape index (κ1) is 12.9. The van der Waals surface area contributed by atoms with Crippen molar-refractivity contribution >= 4 is 17.3 Å². The zero-order valence-corrected chi connectivity index (χ0v) is 11.3. The van der Waals surface area contributed by atoms with Gasteiger partial charge in [0.05, 0.1) is 5.69 Å². The predicted molar refractivity (Wildman–Crippen MR) is 73.4 cm³/mol. The number of carbonyl (C=O) groups excluding carboxylic acids is 1. The van der Waals surface area contributed by atoms with E-state index in [1.807, 2.05) is 6.07 Å². The lowest BCUT2D eigenvalue weighted by atomic mass is 10.0. The Labute approximate surface area is 109 Å². The average Bonchev–Trinajstić information content (AvgIpc) is 2.34. The summed E-state index contributed by atoms with van der Waals surface area (Å²) in [5, 5.41) is 4.11. The lowest BCUT2D eigenvalue weighted by Crippen LogP contribution is -2.28. The molecule has 18 heavy (non-hydrogen) atoms. The Hall–Kier alpha value is -1.55. The van der Waals surface area contributed by atoms with Gasteiger partial charge in [0.15, 0.2) is 0 Å². The number of carbonyl (C=O) groups is 1. The van der Waals surface area contributed by atoms with Gasteiger partial charge in [-0.15, -0.1) is 0 Å². The summed E-state index contributed by atoms with van der Waals surface area (Å²) >= 11 is 0. The van der Waals surface area contributed by atoms with Gasteiger partial charge in [-0.1, -0.05) is 6.07 Å². The fraction of sp³-hybridized carbons (Fsp3) is 0.500. The molecule has 0 N–H and O–H groups in total. The molecule has 0 aliphatic carbocycles. The van der Waals surface area contributed by atoms with Crippen LogP contribution in [0.25, 0.3) is 0 Å². The van der Waals surface area contributed by atoms with E-state index in [1.54, 1.807) is 0 Å². The molecule has 97 valence electrons. The largest absolute Gasteiger partial charge is 0.373 e. The Bertz CT molecular complexity index is 443. The van der Waals surface area contributed by atoms with Gasteiger partial charge in [0, 0.05) is 32.2 Å². The number of anilines is 1. The van der Waals surface area contributed by atoms with Crippen molar-refractivity contribution in [2.75, 3.05) is 39.1 Å². The van der Waals surface area contributed by atoms with Crippen molar-refractivity contribution in [2.45, 2.75) is 12.8 Å². The molecule has 0 bridgehead atoms. The SMILES string of the molecule is CN(C)CCN(C)c1ccc2c(c1)[N]C(=O)CC2. The minimum absolute atomic E-state index is 0.00408. The van der Waals surface area contributed by atoms with Crippen molar-refractivity contribution in [1.82, 2.24) is 10.2 Å². The second-order valence-corrected chi connectivity index (χ2v) is 5.04. The minimum atomic E-state index is -0.00408. The van der Waals surface area contributed by atoms with E-state index in [2.05, 4.69) is 48.4 Å². The molecule has 0 saturated heterocycles. The molecule has 1 aromatic rings. The Morgan fingerprint density at radius 3 is 2.67 bits per heavy atom. The first-order valence-electron chi connectivity index (χ1n) is 6.29. The average molecular weight is 246 g/mol. The summed E-state index contributed by atoms with van der Waals surface area (Å²) in [7, 11) is 6.19. The van der Waals surface area contributed by atoms with Crippen LogP contribution in [0.2, 0.25) is 0 Å². The number of aryl methyl sites for hydroxylation is 1. The predicted octanol–water partition coefficient (Wildman–Crippen LogP) is 1.39. The molecular formula is C14H20N3O. The van der Waals surface area contributed by atoms with Gasteiger partial charge in [0.2, 0.25) is 5.91 Å². The van der Waals surface area contributed by atoms with Crippen LogP contribution in [0.15, 0.2) is 18.2 Å². The molecule has 4 heteroatoms. The van der Waals surface area contributed by atoms with E-state index in [0.29, 0.717) is 6.42 Å². The van der Waals surface area contributed by atoms with E-state index in [0.717, 1.165) is 30.9 Å². The number of amides is 1. The fourth-order valence-corrected chi connectivity index (χ4v) is 2.02. The van der Waals surface area contributed by atoms with Crippen molar-refractivity contribution in [1.29, 1.82) is 0 Å². The van der Waals surface area contributed by atoms with Crippen molar-refractivity contribution in [3.05, 3.63) is 23.8 Å². The van der Waals surface area contributed by atoms with E-state index in [1.165, 1.54) is 5.56 Å². The Morgan fingerprint density at radius 2 is 1.94 bits per heavy atom. The van der Waals surface area contributed by atoms with E-state index < -0.39 is 0 Å². The summed E-state index contributed by atoms with van der Waals surface area (Å²) in [5.74, 6) is -0.00408. The zero-order chi connectivity index (χ0) is 13.1.